The van der Waals surface area contributed by atoms with Crippen LogP contribution < -0.4 is 5.32 Å². The maximum atomic E-state index is 11.5. The van der Waals surface area contributed by atoms with Crippen LogP contribution in [0.3, 0.4) is 0 Å². The number of hydrogen-bond acceptors (Lipinski definition) is 2. The third kappa shape index (κ3) is 5.97. The van der Waals surface area contributed by atoms with E-state index in [4.69, 9.17) is 4.74 Å². The van der Waals surface area contributed by atoms with E-state index in [0.717, 1.165) is 38.8 Å². The molecule has 0 spiro atoms. The van der Waals surface area contributed by atoms with Gasteiger partial charge in [0, 0.05) is 26.2 Å². The standard InChI is InChI=1S/C11H23NO2/c1-4-10(5-2)11(13)12-8-6-7-9-14-3/h10H,4-9H2,1-3H3,(H,12,13). The highest BCUT2D eigenvalue weighted by Crippen LogP contribution is 2.06. The highest BCUT2D eigenvalue weighted by atomic mass is 16.5. The summed E-state index contributed by atoms with van der Waals surface area (Å²) in [5.74, 6) is 0.393. The molecule has 3 nitrogen and oxygen atoms in total. The van der Waals surface area contributed by atoms with Crippen molar-refractivity contribution in [3.63, 3.8) is 0 Å². The van der Waals surface area contributed by atoms with Gasteiger partial charge in [0.25, 0.3) is 0 Å². The minimum absolute atomic E-state index is 0.192. The largest absolute Gasteiger partial charge is 0.385 e. The Bertz CT molecular complexity index is 144. The first-order valence-corrected chi connectivity index (χ1v) is 5.52. The number of carbonyl (C=O) groups is 1. The Hall–Kier alpha value is -0.570. The summed E-state index contributed by atoms with van der Waals surface area (Å²) < 4.78 is 4.93. The molecule has 0 radical (unpaired) electrons. The van der Waals surface area contributed by atoms with Gasteiger partial charge in [0.1, 0.15) is 0 Å². The topological polar surface area (TPSA) is 38.3 Å². The van der Waals surface area contributed by atoms with Crippen LogP contribution in [-0.2, 0) is 9.53 Å². The maximum absolute atomic E-state index is 11.5. The minimum atomic E-state index is 0.192. The zero-order valence-electron chi connectivity index (χ0n) is 9.64. The maximum Gasteiger partial charge on any atom is 0.223 e. The zero-order chi connectivity index (χ0) is 10.8. The molecule has 0 aromatic heterocycles. The van der Waals surface area contributed by atoms with Gasteiger partial charge in [-0.15, -0.1) is 0 Å². The predicted molar refractivity (Wildman–Crippen MR) is 58.2 cm³/mol. The number of hydrogen-bond donors (Lipinski definition) is 1. The summed E-state index contributed by atoms with van der Waals surface area (Å²) in [7, 11) is 1.70. The van der Waals surface area contributed by atoms with Crippen LogP contribution in [0.2, 0.25) is 0 Å². The Morgan fingerprint density at radius 1 is 1.29 bits per heavy atom. The van der Waals surface area contributed by atoms with Gasteiger partial charge >= 0.3 is 0 Å². The summed E-state index contributed by atoms with van der Waals surface area (Å²) in [6.07, 6.45) is 3.88. The van der Waals surface area contributed by atoms with E-state index >= 15 is 0 Å². The number of carbonyl (C=O) groups excluding carboxylic acids is 1. The average Bonchev–Trinajstić information content (AvgIpc) is 2.19. The van der Waals surface area contributed by atoms with Crippen molar-refractivity contribution < 1.29 is 9.53 Å². The van der Waals surface area contributed by atoms with Crippen molar-refractivity contribution >= 4 is 5.91 Å². The second-order valence-electron chi connectivity index (χ2n) is 3.50. The molecule has 1 amide bonds. The van der Waals surface area contributed by atoms with E-state index < -0.39 is 0 Å². The Labute approximate surface area is 87.2 Å². The Balaban J connectivity index is 3.43. The summed E-state index contributed by atoms with van der Waals surface area (Å²) in [4.78, 5) is 11.5. The summed E-state index contributed by atoms with van der Waals surface area (Å²) in [6, 6.07) is 0. The average molecular weight is 201 g/mol. The Kier molecular flexibility index (Phi) is 8.64. The van der Waals surface area contributed by atoms with Crippen LogP contribution in [-0.4, -0.2) is 26.2 Å². The second-order valence-corrected chi connectivity index (χ2v) is 3.50. The lowest BCUT2D eigenvalue weighted by Gasteiger charge is -2.12. The van der Waals surface area contributed by atoms with Crippen molar-refractivity contribution in [2.75, 3.05) is 20.3 Å². The monoisotopic (exact) mass is 201 g/mol. The molecular weight excluding hydrogens is 178 g/mol. The van der Waals surface area contributed by atoms with Crippen molar-refractivity contribution in [2.45, 2.75) is 39.5 Å². The zero-order valence-corrected chi connectivity index (χ0v) is 9.64. The van der Waals surface area contributed by atoms with E-state index in [1.807, 2.05) is 0 Å². The molecule has 0 unspecified atom stereocenters. The lowest BCUT2D eigenvalue weighted by atomic mass is 10.0. The molecule has 0 fully saturated rings. The molecule has 0 heterocycles. The molecule has 0 rings (SSSR count). The van der Waals surface area contributed by atoms with E-state index in [-0.39, 0.29) is 11.8 Å². The fourth-order valence-electron chi connectivity index (χ4n) is 1.39. The van der Waals surface area contributed by atoms with Crippen LogP contribution in [0.4, 0.5) is 0 Å². The van der Waals surface area contributed by atoms with E-state index in [1.165, 1.54) is 0 Å². The molecule has 0 saturated heterocycles. The molecule has 0 aliphatic rings. The fraction of sp³-hybridized carbons (Fsp3) is 0.909. The molecule has 0 bridgehead atoms. The highest BCUT2D eigenvalue weighted by Gasteiger charge is 2.12. The van der Waals surface area contributed by atoms with Gasteiger partial charge in [0.05, 0.1) is 0 Å². The van der Waals surface area contributed by atoms with Crippen LogP contribution in [0.25, 0.3) is 0 Å². The normalized spacial score (nSPS) is 10.6. The molecule has 14 heavy (non-hydrogen) atoms. The molecule has 0 saturated carbocycles. The molecule has 84 valence electrons. The van der Waals surface area contributed by atoms with Crippen LogP contribution >= 0.6 is 0 Å². The van der Waals surface area contributed by atoms with E-state index in [9.17, 15) is 4.79 Å². The summed E-state index contributed by atoms with van der Waals surface area (Å²) in [5.41, 5.74) is 0. The lowest BCUT2D eigenvalue weighted by Crippen LogP contribution is -2.30. The minimum Gasteiger partial charge on any atom is -0.385 e. The predicted octanol–water partition coefficient (Wildman–Crippen LogP) is 1.97. The van der Waals surface area contributed by atoms with Gasteiger partial charge in [0.15, 0.2) is 0 Å². The van der Waals surface area contributed by atoms with E-state index in [1.54, 1.807) is 7.11 Å². The summed E-state index contributed by atoms with van der Waals surface area (Å²) in [6.45, 7) is 5.66. The lowest BCUT2D eigenvalue weighted by molar-refractivity contribution is -0.125. The van der Waals surface area contributed by atoms with Gasteiger partial charge in [-0.05, 0) is 25.7 Å². The third-order valence-corrected chi connectivity index (χ3v) is 2.43. The molecule has 0 aliphatic heterocycles. The van der Waals surface area contributed by atoms with Gasteiger partial charge in [-0.25, -0.2) is 0 Å². The van der Waals surface area contributed by atoms with E-state index in [0.29, 0.717) is 0 Å². The third-order valence-electron chi connectivity index (χ3n) is 2.43. The van der Waals surface area contributed by atoms with Crippen LogP contribution in [0, 0.1) is 5.92 Å². The smallest absolute Gasteiger partial charge is 0.223 e. The molecule has 0 aromatic carbocycles. The van der Waals surface area contributed by atoms with Crippen molar-refractivity contribution in [2.24, 2.45) is 5.92 Å². The van der Waals surface area contributed by atoms with Crippen LogP contribution in [0.5, 0.6) is 0 Å². The van der Waals surface area contributed by atoms with Gasteiger partial charge in [-0.3, -0.25) is 4.79 Å². The molecule has 0 aliphatic carbocycles. The summed E-state index contributed by atoms with van der Waals surface area (Å²) in [5, 5.41) is 2.95. The number of amides is 1. The number of rotatable bonds is 8. The quantitative estimate of drug-likeness (QED) is 0.610. The number of nitrogens with one attached hydrogen (secondary N) is 1. The van der Waals surface area contributed by atoms with Crippen molar-refractivity contribution in [1.82, 2.24) is 5.32 Å². The first kappa shape index (κ1) is 13.4. The van der Waals surface area contributed by atoms with Crippen LogP contribution in [0.15, 0.2) is 0 Å². The van der Waals surface area contributed by atoms with Crippen molar-refractivity contribution in [3.8, 4) is 0 Å². The number of ether oxygens (including phenoxy) is 1. The van der Waals surface area contributed by atoms with Crippen LogP contribution in [0.1, 0.15) is 39.5 Å². The Morgan fingerprint density at radius 2 is 1.93 bits per heavy atom. The first-order chi connectivity index (χ1) is 6.76. The molecule has 1 N–H and O–H groups in total. The first-order valence-electron chi connectivity index (χ1n) is 5.52. The molecule has 0 atom stereocenters. The number of unbranched alkanes of at least 4 members (excludes halogenated alkanes) is 1. The van der Waals surface area contributed by atoms with Gasteiger partial charge in [0.2, 0.25) is 5.91 Å². The number of methoxy groups -OCH3 is 1. The molecule has 3 heteroatoms. The highest BCUT2D eigenvalue weighted by molar-refractivity contribution is 5.78. The van der Waals surface area contributed by atoms with Crippen molar-refractivity contribution in [3.05, 3.63) is 0 Å². The van der Waals surface area contributed by atoms with Crippen molar-refractivity contribution in [1.29, 1.82) is 0 Å². The Morgan fingerprint density at radius 3 is 2.43 bits per heavy atom. The van der Waals surface area contributed by atoms with E-state index in [2.05, 4.69) is 19.2 Å². The SMILES string of the molecule is CCC(CC)C(=O)NCCCCOC. The molecule has 0 aromatic rings. The fourth-order valence-corrected chi connectivity index (χ4v) is 1.39. The molecular formula is C11H23NO2. The van der Waals surface area contributed by atoms with Gasteiger partial charge in [-0.2, -0.15) is 0 Å². The summed E-state index contributed by atoms with van der Waals surface area (Å²) >= 11 is 0. The van der Waals surface area contributed by atoms with Gasteiger partial charge in [-0.1, -0.05) is 13.8 Å². The van der Waals surface area contributed by atoms with Gasteiger partial charge < -0.3 is 10.1 Å². The second kappa shape index (κ2) is 9.00.